The van der Waals surface area contributed by atoms with E-state index in [0.29, 0.717) is 0 Å². The number of hydrogen-bond donors (Lipinski definition) is 1. The van der Waals surface area contributed by atoms with Crippen molar-refractivity contribution >= 4 is 0 Å². The van der Waals surface area contributed by atoms with Crippen LogP contribution in [-0.2, 0) is 4.74 Å². The van der Waals surface area contributed by atoms with Crippen LogP contribution in [0.15, 0.2) is 0 Å². The molecule has 3 heteroatoms. The van der Waals surface area contributed by atoms with Gasteiger partial charge in [0, 0.05) is 6.42 Å². The molecule has 1 saturated heterocycles. The molecule has 0 bridgehead atoms. The fraction of sp³-hybridized carbons (Fsp3) is 1.00. The minimum atomic E-state index is -0.0659. The van der Waals surface area contributed by atoms with Crippen LogP contribution < -0.4 is 18.1 Å². The Balaban J connectivity index is 0.00000529. The van der Waals surface area contributed by atoms with Crippen LogP contribution in [0, 0.1) is 0 Å². The fourth-order valence-electron chi connectivity index (χ4n) is 3.60. The van der Waals surface area contributed by atoms with E-state index in [1.165, 1.54) is 96.3 Å². The lowest BCUT2D eigenvalue weighted by Crippen LogP contribution is -3.00. The summed E-state index contributed by atoms with van der Waals surface area (Å²) in [6.07, 6.45) is 22.5. The van der Waals surface area contributed by atoms with Crippen LogP contribution in [-0.4, -0.2) is 11.3 Å². The summed E-state index contributed by atoms with van der Waals surface area (Å²) in [6.45, 7) is 6.61. The summed E-state index contributed by atoms with van der Waals surface area (Å²) in [5, 5.41) is 0. The van der Waals surface area contributed by atoms with Crippen LogP contribution in [0.2, 0.25) is 0 Å². The Labute approximate surface area is 158 Å². The number of unbranched alkanes of at least 4 members (excludes halogenated alkanes) is 14. The Hall–Kier alpha value is 0.210. The van der Waals surface area contributed by atoms with E-state index in [0.717, 1.165) is 6.42 Å². The SMILES string of the molecule is CCCCCCCCCCCCCCCCCC1([NH3+])OC1(C)C.[Cl-]. The van der Waals surface area contributed by atoms with E-state index in [-0.39, 0.29) is 23.7 Å². The molecule has 2 nitrogen and oxygen atoms in total. The molecule has 1 atom stereocenters. The Bertz CT molecular complexity index is 296. The summed E-state index contributed by atoms with van der Waals surface area (Å²) in [6, 6.07) is 0. The predicted octanol–water partition coefficient (Wildman–Crippen LogP) is 3.00. The largest absolute Gasteiger partial charge is 1.00 e. The van der Waals surface area contributed by atoms with E-state index in [1.54, 1.807) is 0 Å². The van der Waals surface area contributed by atoms with Gasteiger partial charge in [-0.15, -0.1) is 0 Å². The molecule has 1 heterocycles. The van der Waals surface area contributed by atoms with Crippen LogP contribution in [0.25, 0.3) is 0 Å². The molecule has 0 aromatic rings. The van der Waals surface area contributed by atoms with Crippen LogP contribution in [0.1, 0.15) is 124 Å². The molecule has 0 amide bonds. The Morgan fingerprint density at radius 2 is 0.917 bits per heavy atom. The number of halogens is 1. The van der Waals surface area contributed by atoms with Crippen molar-refractivity contribution in [3.05, 3.63) is 0 Å². The molecule has 1 aliphatic heterocycles. The van der Waals surface area contributed by atoms with Crippen molar-refractivity contribution in [1.29, 1.82) is 0 Å². The van der Waals surface area contributed by atoms with Crippen molar-refractivity contribution in [2.24, 2.45) is 0 Å². The standard InChI is InChI=1S/C21H43NO.ClH/c1-4-5-6-7-8-9-10-11-12-13-14-15-16-17-18-19-21(22)20(2,3)23-21;/h4-19,22H2,1-3H3;1H. The van der Waals surface area contributed by atoms with Crippen LogP contribution in [0.3, 0.4) is 0 Å². The van der Waals surface area contributed by atoms with Gasteiger partial charge in [0.1, 0.15) is 5.60 Å². The molecule has 1 aliphatic rings. The summed E-state index contributed by atoms with van der Waals surface area (Å²) in [7, 11) is 0. The molecule has 0 saturated carbocycles. The second-order valence-electron chi connectivity index (χ2n) is 8.31. The zero-order valence-electron chi connectivity index (χ0n) is 16.8. The zero-order chi connectivity index (χ0) is 17.0. The van der Waals surface area contributed by atoms with E-state index in [4.69, 9.17) is 4.74 Å². The first kappa shape index (κ1) is 24.2. The van der Waals surface area contributed by atoms with Crippen LogP contribution in [0.5, 0.6) is 0 Å². The van der Waals surface area contributed by atoms with Gasteiger partial charge in [-0.3, -0.25) is 0 Å². The van der Waals surface area contributed by atoms with Gasteiger partial charge >= 0.3 is 0 Å². The number of hydrogen-bond acceptors (Lipinski definition) is 1. The predicted molar refractivity (Wildman–Crippen MR) is 100 cm³/mol. The number of ether oxygens (including phenoxy) is 1. The van der Waals surface area contributed by atoms with E-state index < -0.39 is 0 Å². The van der Waals surface area contributed by atoms with E-state index in [2.05, 4.69) is 26.5 Å². The van der Waals surface area contributed by atoms with Crippen molar-refractivity contribution in [1.82, 2.24) is 0 Å². The van der Waals surface area contributed by atoms with Gasteiger partial charge in [0.15, 0.2) is 0 Å². The average molecular weight is 362 g/mol. The number of epoxide rings is 1. The first-order valence-corrected chi connectivity index (χ1v) is 10.6. The topological polar surface area (TPSA) is 40.2 Å². The third kappa shape index (κ3) is 10.3. The van der Waals surface area contributed by atoms with Gasteiger partial charge < -0.3 is 22.9 Å². The molecule has 1 rings (SSSR count). The lowest BCUT2D eigenvalue weighted by Gasteiger charge is -2.06. The van der Waals surface area contributed by atoms with Crippen molar-refractivity contribution in [2.75, 3.05) is 0 Å². The molecule has 0 aliphatic carbocycles. The third-order valence-corrected chi connectivity index (χ3v) is 5.69. The molecular weight excluding hydrogens is 318 g/mol. The highest BCUT2D eigenvalue weighted by Gasteiger charge is 2.65. The highest BCUT2D eigenvalue weighted by Crippen LogP contribution is 2.44. The summed E-state index contributed by atoms with van der Waals surface area (Å²) in [4.78, 5) is 0. The van der Waals surface area contributed by atoms with Crippen LogP contribution >= 0.6 is 0 Å². The number of quaternary nitrogens is 1. The lowest BCUT2D eigenvalue weighted by molar-refractivity contribution is -0.473. The fourth-order valence-corrected chi connectivity index (χ4v) is 3.60. The molecule has 24 heavy (non-hydrogen) atoms. The van der Waals surface area contributed by atoms with E-state index >= 15 is 0 Å². The average Bonchev–Trinajstić information content (AvgIpc) is 3.01. The Morgan fingerprint density at radius 3 is 1.21 bits per heavy atom. The highest BCUT2D eigenvalue weighted by molar-refractivity contribution is 5.00. The zero-order valence-corrected chi connectivity index (χ0v) is 17.6. The molecule has 3 N–H and O–H groups in total. The van der Waals surface area contributed by atoms with Gasteiger partial charge in [-0.1, -0.05) is 96.8 Å². The monoisotopic (exact) mass is 361 g/mol. The second kappa shape index (κ2) is 13.4. The molecule has 1 fully saturated rings. The smallest absolute Gasteiger partial charge is 0.228 e. The maximum absolute atomic E-state index is 5.70. The summed E-state index contributed by atoms with van der Waals surface area (Å²) < 4.78 is 5.70. The van der Waals surface area contributed by atoms with Gasteiger partial charge in [-0.05, 0) is 20.3 Å². The highest BCUT2D eigenvalue weighted by atomic mass is 35.5. The van der Waals surface area contributed by atoms with E-state index in [1.807, 2.05) is 0 Å². The van der Waals surface area contributed by atoms with Gasteiger partial charge in [0.2, 0.25) is 5.72 Å². The first-order valence-electron chi connectivity index (χ1n) is 10.6. The van der Waals surface area contributed by atoms with Crippen molar-refractivity contribution < 1.29 is 22.9 Å². The molecule has 1 unspecified atom stereocenters. The Kier molecular flexibility index (Phi) is 13.5. The third-order valence-electron chi connectivity index (χ3n) is 5.69. The normalized spacial score (nSPS) is 21.5. The van der Waals surface area contributed by atoms with Crippen LogP contribution in [0.4, 0.5) is 0 Å². The maximum Gasteiger partial charge on any atom is 0.228 e. The van der Waals surface area contributed by atoms with Crippen molar-refractivity contribution in [2.45, 2.75) is 135 Å². The molecule has 0 spiro atoms. The van der Waals surface area contributed by atoms with Gasteiger partial charge in [0.25, 0.3) is 0 Å². The Morgan fingerprint density at radius 1 is 0.625 bits per heavy atom. The van der Waals surface area contributed by atoms with Crippen molar-refractivity contribution in [3.63, 3.8) is 0 Å². The second-order valence-corrected chi connectivity index (χ2v) is 8.31. The summed E-state index contributed by atoms with van der Waals surface area (Å²) in [5.74, 6) is 0. The van der Waals surface area contributed by atoms with Gasteiger partial charge in [0.05, 0.1) is 0 Å². The summed E-state index contributed by atoms with van der Waals surface area (Å²) in [5.41, 5.74) is 4.18. The minimum absolute atomic E-state index is 0. The maximum atomic E-state index is 5.70. The molecule has 0 aromatic carbocycles. The molecular formula is C21H44ClNO. The van der Waals surface area contributed by atoms with Crippen molar-refractivity contribution in [3.8, 4) is 0 Å². The molecule has 146 valence electrons. The minimum Gasteiger partial charge on any atom is -1.00 e. The molecule has 0 radical (unpaired) electrons. The summed E-state index contributed by atoms with van der Waals surface area (Å²) >= 11 is 0. The molecule has 0 aromatic heterocycles. The lowest BCUT2D eigenvalue weighted by atomic mass is 9.98. The van der Waals surface area contributed by atoms with Gasteiger partial charge in [-0.25, -0.2) is 0 Å². The van der Waals surface area contributed by atoms with Gasteiger partial charge in [-0.2, -0.15) is 0 Å². The van der Waals surface area contributed by atoms with E-state index in [9.17, 15) is 0 Å². The quantitative estimate of drug-likeness (QED) is 0.333. The first-order chi connectivity index (χ1) is 11.0. The number of rotatable bonds is 16.